The van der Waals surface area contributed by atoms with Crippen LogP contribution in [0.15, 0.2) is 22.6 Å². The van der Waals surface area contributed by atoms with Crippen LogP contribution in [0.2, 0.25) is 0 Å². The highest BCUT2D eigenvalue weighted by Crippen LogP contribution is 2.29. The molecule has 0 saturated carbocycles. The molecule has 0 unspecified atom stereocenters. The minimum absolute atomic E-state index is 0.0158. The molecular formula is C18H17F2NO6. The molecule has 1 amide bonds. The van der Waals surface area contributed by atoms with Crippen LogP contribution < -0.4 is 5.32 Å². The lowest BCUT2D eigenvalue weighted by molar-refractivity contribution is 0.0480. The Bertz CT molecular complexity index is 890. The van der Waals surface area contributed by atoms with Crippen molar-refractivity contribution in [1.29, 1.82) is 0 Å². The van der Waals surface area contributed by atoms with Crippen LogP contribution in [-0.4, -0.2) is 31.1 Å². The number of furan rings is 1. The van der Waals surface area contributed by atoms with Crippen molar-refractivity contribution in [1.82, 2.24) is 0 Å². The van der Waals surface area contributed by atoms with Crippen LogP contribution in [0.5, 0.6) is 0 Å². The van der Waals surface area contributed by atoms with Crippen LogP contribution in [0.4, 0.5) is 14.7 Å². The summed E-state index contributed by atoms with van der Waals surface area (Å²) in [5, 5.41) is 2.27. The van der Waals surface area contributed by atoms with E-state index < -0.39 is 29.5 Å². The van der Waals surface area contributed by atoms with E-state index in [1.165, 1.54) is 6.92 Å². The zero-order valence-electron chi connectivity index (χ0n) is 14.9. The fraction of sp³-hybridized carbons (Fsp3) is 0.278. The second-order valence-electron chi connectivity index (χ2n) is 5.26. The summed E-state index contributed by atoms with van der Waals surface area (Å²) in [4.78, 5) is 36.7. The lowest BCUT2D eigenvalue weighted by Gasteiger charge is -2.07. The molecule has 0 saturated heterocycles. The molecular weight excluding hydrogens is 364 g/mol. The average Bonchev–Trinajstić information content (AvgIpc) is 2.93. The molecule has 0 spiro atoms. The summed E-state index contributed by atoms with van der Waals surface area (Å²) >= 11 is 0. The third-order valence-corrected chi connectivity index (χ3v) is 3.45. The van der Waals surface area contributed by atoms with Gasteiger partial charge in [-0.25, -0.2) is 18.4 Å². The Balaban J connectivity index is 2.44. The highest BCUT2D eigenvalue weighted by atomic mass is 19.2. The van der Waals surface area contributed by atoms with Gasteiger partial charge in [0, 0.05) is 5.56 Å². The lowest BCUT2D eigenvalue weighted by atomic mass is 10.1. The van der Waals surface area contributed by atoms with Gasteiger partial charge < -0.3 is 13.9 Å². The largest absolute Gasteiger partial charge is 0.462 e. The van der Waals surface area contributed by atoms with E-state index in [2.05, 4.69) is 5.32 Å². The molecule has 0 atom stereocenters. The van der Waals surface area contributed by atoms with Gasteiger partial charge in [0.15, 0.2) is 11.6 Å². The summed E-state index contributed by atoms with van der Waals surface area (Å²) in [5.41, 5.74) is -0.713. The number of nitrogens with one attached hydrogen (secondary N) is 1. The Hall–Kier alpha value is -3.23. The van der Waals surface area contributed by atoms with Crippen LogP contribution in [0.25, 0.3) is 0 Å². The predicted molar refractivity (Wildman–Crippen MR) is 89.7 cm³/mol. The monoisotopic (exact) mass is 381 g/mol. The fourth-order valence-electron chi connectivity index (χ4n) is 2.29. The first-order valence-corrected chi connectivity index (χ1v) is 8.04. The highest BCUT2D eigenvalue weighted by molar-refractivity contribution is 6.11. The molecule has 27 heavy (non-hydrogen) atoms. The molecule has 0 aliphatic rings. The number of ether oxygens (including phenoxy) is 2. The zero-order chi connectivity index (χ0) is 20.1. The molecule has 2 rings (SSSR count). The number of hydrogen-bond acceptors (Lipinski definition) is 6. The number of carbonyl (C=O) groups excluding carboxylic acids is 3. The summed E-state index contributed by atoms with van der Waals surface area (Å²) in [6.07, 6.45) is 0. The van der Waals surface area contributed by atoms with E-state index in [-0.39, 0.29) is 41.5 Å². The smallest absolute Gasteiger partial charge is 0.344 e. The molecule has 9 heteroatoms. The van der Waals surface area contributed by atoms with Crippen LogP contribution >= 0.6 is 0 Å². The fourth-order valence-corrected chi connectivity index (χ4v) is 2.29. The van der Waals surface area contributed by atoms with E-state index in [1.807, 2.05) is 0 Å². The van der Waals surface area contributed by atoms with Gasteiger partial charge in [-0.2, -0.15) is 0 Å². The molecule has 0 aliphatic heterocycles. The molecule has 0 radical (unpaired) electrons. The molecule has 144 valence electrons. The van der Waals surface area contributed by atoms with Crippen LogP contribution in [-0.2, 0) is 9.47 Å². The van der Waals surface area contributed by atoms with Crippen molar-refractivity contribution < 1.29 is 37.1 Å². The van der Waals surface area contributed by atoms with E-state index in [1.54, 1.807) is 13.8 Å². The third kappa shape index (κ3) is 4.30. The summed E-state index contributed by atoms with van der Waals surface area (Å²) in [6.45, 7) is 4.63. The quantitative estimate of drug-likeness (QED) is 0.770. The number of esters is 2. The zero-order valence-corrected chi connectivity index (χ0v) is 14.9. The van der Waals surface area contributed by atoms with Gasteiger partial charge in [-0.3, -0.25) is 10.1 Å². The van der Waals surface area contributed by atoms with Crippen LogP contribution in [0.3, 0.4) is 0 Å². The van der Waals surface area contributed by atoms with Gasteiger partial charge in [-0.05, 0) is 39.0 Å². The summed E-state index contributed by atoms with van der Waals surface area (Å²) in [6, 6.07) is 2.53. The van der Waals surface area contributed by atoms with E-state index in [0.29, 0.717) is 6.07 Å². The molecule has 1 N–H and O–H groups in total. The lowest BCUT2D eigenvalue weighted by Crippen LogP contribution is -2.17. The Morgan fingerprint density at radius 2 is 1.59 bits per heavy atom. The molecule has 0 aliphatic carbocycles. The standard InChI is InChI=1S/C18H17F2NO6/c1-4-25-17(23)13-9(3)27-16(14(13)18(24)26-5-2)21-15(22)10-6-7-11(19)12(20)8-10/h6-8H,4-5H2,1-3H3,(H,21,22). The number of aryl methyl sites for hydroxylation is 1. The molecule has 1 heterocycles. The van der Waals surface area contributed by atoms with Gasteiger partial charge in [0.05, 0.1) is 13.2 Å². The van der Waals surface area contributed by atoms with E-state index in [9.17, 15) is 23.2 Å². The van der Waals surface area contributed by atoms with Crippen molar-refractivity contribution in [2.45, 2.75) is 20.8 Å². The molecule has 7 nitrogen and oxygen atoms in total. The minimum Gasteiger partial charge on any atom is -0.462 e. The van der Waals surface area contributed by atoms with Crippen LogP contribution in [0.1, 0.15) is 50.7 Å². The van der Waals surface area contributed by atoms with Gasteiger partial charge in [-0.15, -0.1) is 0 Å². The summed E-state index contributed by atoms with van der Waals surface area (Å²) < 4.78 is 41.5. The number of amides is 1. The van der Waals surface area contributed by atoms with Gasteiger partial charge >= 0.3 is 11.9 Å². The summed E-state index contributed by atoms with van der Waals surface area (Å²) in [7, 11) is 0. The highest BCUT2D eigenvalue weighted by Gasteiger charge is 2.31. The Morgan fingerprint density at radius 3 is 2.15 bits per heavy atom. The van der Waals surface area contributed by atoms with Gasteiger partial charge in [-0.1, -0.05) is 0 Å². The van der Waals surface area contributed by atoms with Gasteiger partial charge in [0.1, 0.15) is 16.9 Å². The van der Waals surface area contributed by atoms with Gasteiger partial charge in [0.2, 0.25) is 5.88 Å². The molecule has 1 aromatic carbocycles. The molecule has 2 aromatic rings. The van der Waals surface area contributed by atoms with Crippen molar-refractivity contribution in [3.8, 4) is 0 Å². The van der Waals surface area contributed by atoms with Crippen molar-refractivity contribution >= 4 is 23.7 Å². The maximum atomic E-state index is 13.3. The second-order valence-corrected chi connectivity index (χ2v) is 5.26. The first kappa shape index (κ1) is 20.1. The maximum Gasteiger partial charge on any atom is 0.344 e. The Labute approximate surface area is 153 Å². The van der Waals surface area contributed by atoms with Crippen molar-refractivity contribution in [2.75, 3.05) is 18.5 Å². The number of carbonyl (C=O) groups is 3. The Morgan fingerprint density at radius 1 is 1.00 bits per heavy atom. The molecule has 0 bridgehead atoms. The first-order valence-electron chi connectivity index (χ1n) is 8.04. The third-order valence-electron chi connectivity index (χ3n) is 3.45. The van der Waals surface area contributed by atoms with E-state index in [4.69, 9.17) is 13.9 Å². The molecule has 1 aromatic heterocycles. The Kier molecular flexibility index (Phi) is 6.27. The minimum atomic E-state index is -1.21. The van der Waals surface area contributed by atoms with Crippen molar-refractivity contribution in [2.24, 2.45) is 0 Å². The number of hydrogen-bond donors (Lipinski definition) is 1. The number of halogens is 2. The summed E-state index contributed by atoms with van der Waals surface area (Å²) in [5.74, 6) is -5.26. The normalized spacial score (nSPS) is 10.4. The van der Waals surface area contributed by atoms with E-state index >= 15 is 0 Å². The van der Waals surface area contributed by atoms with Crippen LogP contribution in [0, 0.1) is 18.6 Å². The van der Waals surface area contributed by atoms with Crippen molar-refractivity contribution in [3.63, 3.8) is 0 Å². The molecule has 0 fully saturated rings. The predicted octanol–water partition coefficient (Wildman–Crippen LogP) is 3.47. The van der Waals surface area contributed by atoms with Crippen molar-refractivity contribution in [3.05, 3.63) is 52.3 Å². The first-order chi connectivity index (χ1) is 12.8. The van der Waals surface area contributed by atoms with Gasteiger partial charge in [0.25, 0.3) is 5.91 Å². The number of benzene rings is 1. The number of anilines is 1. The topological polar surface area (TPSA) is 94.8 Å². The maximum absolute atomic E-state index is 13.3. The SMILES string of the molecule is CCOC(=O)c1c(C)oc(NC(=O)c2ccc(F)c(F)c2)c1C(=O)OCC. The second kappa shape index (κ2) is 8.43. The van der Waals surface area contributed by atoms with E-state index in [0.717, 1.165) is 12.1 Å². The average molecular weight is 381 g/mol. The number of rotatable bonds is 6.